The third kappa shape index (κ3) is 3.13. The van der Waals surface area contributed by atoms with Crippen LogP contribution >= 0.6 is 0 Å². The first-order chi connectivity index (χ1) is 13.7. The summed E-state index contributed by atoms with van der Waals surface area (Å²) in [6, 6.07) is 9.25. The van der Waals surface area contributed by atoms with Gasteiger partial charge in [0.2, 0.25) is 17.7 Å². The number of nitriles is 1. The lowest BCUT2D eigenvalue weighted by molar-refractivity contribution is -0.116. The minimum Gasteiger partial charge on any atom is -0.422 e. The van der Waals surface area contributed by atoms with Crippen LogP contribution in [0.25, 0.3) is 0 Å². The van der Waals surface area contributed by atoms with E-state index in [0.717, 1.165) is 16.8 Å². The Morgan fingerprint density at radius 2 is 2.00 bits per heavy atom. The third-order valence-corrected chi connectivity index (χ3v) is 6.68. The van der Waals surface area contributed by atoms with E-state index in [1.54, 1.807) is 23.9 Å². The highest BCUT2D eigenvalue weighted by Gasteiger charge is 2.35. The van der Waals surface area contributed by atoms with Gasteiger partial charge in [-0.25, -0.2) is 13.1 Å². The number of amides is 1. The van der Waals surface area contributed by atoms with Gasteiger partial charge in [0.05, 0.1) is 22.9 Å². The Balaban J connectivity index is 1.73. The summed E-state index contributed by atoms with van der Waals surface area (Å²) < 4.78 is 30.5. The van der Waals surface area contributed by atoms with E-state index in [2.05, 4.69) is 11.2 Å². The molecule has 1 amide bonds. The van der Waals surface area contributed by atoms with E-state index in [9.17, 15) is 18.5 Å². The average Bonchev–Trinajstić information content (AvgIpc) is 2.93. The highest BCUT2D eigenvalue weighted by Crippen LogP contribution is 2.43. The molecule has 2 aromatic rings. The monoisotopic (exact) mass is 413 g/mol. The quantitative estimate of drug-likeness (QED) is 0.767. The zero-order valence-electron chi connectivity index (χ0n) is 15.9. The Morgan fingerprint density at radius 3 is 2.62 bits per heavy atom. The second-order valence-electron chi connectivity index (χ2n) is 7.08. The number of anilines is 1. The molecule has 1 atom stereocenters. The van der Waals surface area contributed by atoms with Gasteiger partial charge < -0.3 is 15.4 Å². The molecule has 3 heterocycles. The van der Waals surface area contributed by atoms with Crippen LogP contribution in [0.5, 0.6) is 5.88 Å². The number of ether oxygens (including phenoxy) is 1. The third-order valence-electron chi connectivity index (χ3n) is 5.19. The van der Waals surface area contributed by atoms with Gasteiger partial charge in [0.15, 0.2) is 9.84 Å². The summed E-state index contributed by atoms with van der Waals surface area (Å²) in [5, 5.41) is 14.0. The summed E-state index contributed by atoms with van der Waals surface area (Å²) in [6.45, 7) is 1.97. The fourth-order valence-electron chi connectivity index (χ4n) is 3.82. The van der Waals surface area contributed by atoms with Crippen molar-refractivity contribution in [2.24, 2.45) is 12.8 Å². The van der Waals surface area contributed by atoms with Crippen molar-refractivity contribution in [1.82, 2.24) is 9.78 Å². The van der Waals surface area contributed by atoms with Gasteiger partial charge in [0, 0.05) is 19.3 Å². The summed E-state index contributed by atoms with van der Waals surface area (Å²) in [7, 11) is -1.58. The number of nitrogens with zero attached hydrogens (tertiary/aromatic N) is 4. The van der Waals surface area contributed by atoms with E-state index in [-0.39, 0.29) is 18.2 Å². The minimum atomic E-state index is -3.32. The maximum atomic E-state index is 12.2. The van der Waals surface area contributed by atoms with Crippen LogP contribution < -0.4 is 15.4 Å². The van der Waals surface area contributed by atoms with E-state index in [0.29, 0.717) is 17.1 Å². The molecule has 2 N–H and O–H groups in total. The molecule has 1 fully saturated rings. The van der Waals surface area contributed by atoms with Crippen molar-refractivity contribution in [1.29, 1.82) is 5.26 Å². The number of allylic oxidation sites excluding steroid dienone is 1. The first kappa shape index (κ1) is 19.0. The molecule has 1 saturated heterocycles. The van der Waals surface area contributed by atoms with Crippen LogP contribution in [0.4, 0.5) is 5.69 Å². The van der Waals surface area contributed by atoms with Gasteiger partial charge in [-0.1, -0.05) is 12.1 Å². The molecule has 0 saturated carbocycles. The summed E-state index contributed by atoms with van der Waals surface area (Å²) in [4.78, 5) is 13.7. The Bertz CT molecular complexity index is 1190. The SMILES string of the molecule is Cc1nn(C)c2c1C(c1ccc(N3CCS(=O)(=O)CC3=O)cc1)C(C#N)=C(N)O2. The van der Waals surface area contributed by atoms with Gasteiger partial charge in [0.25, 0.3) is 0 Å². The van der Waals surface area contributed by atoms with Crippen LogP contribution in [0.3, 0.4) is 0 Å². The van der Waals surface area contributed by atoms with Crippen molar-refractivity contribution in [2.75, 3.05) is 23.0 Å². The molecule has 10 heteroatoms. The average molecular weight is 413 g/mol. The van der Waals surface area contributed by atoms with Crippen LogP contribution in [-0.4, -0.2) is 42.2 Å². The maximum Gasteiger partial charge on any atom is 0.242 e. The number of hydrogen-bond acceptors (Lipinski definition) is 7. The van der Waals surface area contributed by atoms with Gasteiger partial charge in [0.1, 0.15) is 17.4 Å². The second kappa shape index (κ2) is 6.63. The van der Waals surface area contributed by atoms with Crippen LogP contribution in [0.1, 0.15) is 22.7 Å². The van der Waals surface area contributed by atoms with Crippen molar-refractivity contribution < 1.29 is 17.9 Å². The number of nitrogens with two attached hydrogens (primary N) is 1. The molecular formula is C19H19N5O4S. The number of benzene rings is 1. The van der Waals surface area contributed by atoms with E-state index >= 15 is 0 Å². The number of rotatable bonds is 2. The summed E-state index contributed by atoms with van der Waals surface area (Å²) >= 11 is 0. The normalized spacial score (nSPS) is 20.8. The molecule has 2 aliphatic heterocycles. The topological polar surface area (TPSA) is 131 Å². The Hall–Kier alpha value is -3.32. The molecule has 0 radical (unpaired) electrons. The lowest BCUT2D eigenvalue weighted by atomic mass is 9.84. The predicted molar refractivity (Wildman–Crippen MR) is 105 cm³/mol. The molecule has 0 aliphatic carbocycles. The number of sulfone groups is 1. The highest BCUT2D eigenvalue weighted by atomic mass is 32.2. The van der Waals surface area contributed by atoms with Gasteiger partial charge in [-0.15, -0.1) is 0 Å². The Kier molecular flexibility index (Phi) is 4.35. The summed E-state index contributed by atoms with van der Waals surface area (Å²) in [6.07, 6.45) is 0. The molecule has 1 unspecified atom stereocenters. The van der Waals surface area contributed by atoms with Gasteiger partial charge in [-0.3, -0.25) is 4.79 Å². The van der Waals surface area contributed by atoms with Crippen LogP contribution in [0.15, 0.2) is 35.7 Å². The number of aryl methyl sites for hydroxylation is 2. The molecular weight excluding hydrogens is 394 g/mol. The molecule has 9 nitrogen and oxygen atoms in total. The Labute approximate surface area is 167 Å². The number of carbonyl (C=O) groups excluding carboxylic acids is 1. The first-order valence-electron chi connectivity index (χ1n) is 8.93. The first-order valence-corrected chi connectivity index (χ1v) is 10.8. The van der Waals surface area contributed by atoms with Crippen LogP contribution in [0.2, 0.25) is 0 Å². The molecule has 1 aromatic carbocycles. The molecule has 0 spiro atoms. The van der Waals surface area contributed by atoms with Gasteiger partial charge in [-0.2, -0.15) is 10.4 Å². The largest absolute Gasteiger partial charge is 0.422 e. The van der Waals surface area contributed by atoms with Crippen molar-refractivity contribution in [3.05, 3.63) is 52.5 Å². The zero-order valence-corrected chi connectivity index (χ0v) is 16.7. The standard InChI is InChI=1S/C19H19N5O4S/c1-11-16-17(14(9-20)18(21)28-19(16)23(2)22-11)12-3-5-13(6-4-12)24-7-8-29(26,27)10-15(24)25/h3-6,17H,7-8,10,21H2,1-2H3. The second-order valence-corrected chi connectivity index (χ2v) is 9.27. The Morgan fingerprint density at radius 1 is 1.31 bits per heavy atom. The lowest BCUT2D eigenvalue weighted by Crippen LogP contribution is -2.45. The minimum absolute atomic E-state index is 0.0356. The van der Waals surface area contributed by atoms with E-state index < -0.39 is 27.4 Å². The molecule has 0 bridgehead atoms. The van der Waals surface area contributed by atoms with Crippen LogP contribution in [-0.2, 0) is 21.7 Å². The van der Waals surface area contributed by atoms with Crippen molar-refractivity contribution in [3.8, 4) is 11.9 Å². The molecule has 1 aromatic heterocycles. The number of fused-ring (bicyclic) bond motifs is 1. The lowest BCUT2D eigenvalue weighted by Gasteiger charge is -2.28. The summed E-state index contributed by atoms with van der Waals surface area (Å²) in [5.74, 6) is -0.898. The predicted octanol–water partition coefficient (Wildman–Crippen LogP) is 0.708. The smallest absolute Gasteiger partial charge is 0.242 e. The van der Waals surface area contributed by atoms with Gasteiger partial charge >= 0.3 is 0 Å². The van der Waals surface area contributed by atoms with Crippen LogP contribution in [0, 0.1) is 18.3 Å². The summed E-state index contributed by atoms with van der Waals surface area (Å²) in [5.41, 5.74) is 9.18. The van der Waals surface area contributed by atoms with Crippen molar-refractivity contribution >= 4 is 21.4 Å². The van der Waals surface area contributed by atoms with E-state index in [1.807, 2.05) is 19.1 Å². The fourth-order valence-corrected chi connectivity index (χ4v) is 4.96. The van der Waals surface area contributed by atoms with Crippen molar-refractivity contribution in [3.63, 3.8) is 0 Å². The van der Waals surface area contributed by atoms with Crippen molar-refractivity contribution in [2.45, 2.75) is 12.8 Å². The fraction of sp³-hybridized carbons (Fsp3) is 0.316. The maximum absolute atomic E-state index is 12.2. The number of carbonyl (C=O) groups is 1. The van der Waals surface area contributed by atoms with E-state index in [4.69, 9.17) is 10.5 Å². The van der Waals surface area contributed by atoms with Gasteiger partial charge in [-0.05, 0) is 24.6 Å². The number of hydrogen-bond donors (Lipinski definition) is 1. The molecule has 29 heavy (non-hydrogen) atoms. The van der Waals surface area contributed by atoms with E-state index in [1.165, 1.54) is 4.90 Å². The molecule has 4 rings (SSSR count). The number of aromatic nitrogens is 2. The zero-order chi connectivity index (χ0) is 20.9. The molecule has 2 aliphatic rings. The highest BCUT2D eigenvalue weighted by molar-refractivity contribution is 7.92. The molecule has 150 valence electrons.